The number of anilines is 2. The second-order valence-electron chi connectivity index (χ2n) is 8.18. The summed E-state index contributed by atoms with van der Waals surface area (Å²) in [5.74, 6) is -3.42. The maximum absolute atomic E-state index is 14.5. The van der Waals surface area contributed by atoms with Crippen molar-refractivity contribution in [2.45, 2.75) is 37.8 Å². The third kappa shape index (κ3) is 4.40. The smallest absolute Gasteiger partial charge is 0.257 e. The van der Waals surface area contributed by atoms with Crippen LogP contribution < -0.4 is 10.6 Å². The maximum atomic E-state index is 14.5. The predicted molar refractivity (Wildman–Crippen MR) is 119 cm³/mol. The standard InChI is InChI=1S/C22H23ClF3N5O/c1-31(2)17-6-4-3-5-16(17)28-22-29-19-12(10-15(25)18(26)20(19)30-22)21(32)27-11-7-8-14(24)13(23)9-11/h7-10,16-17H,3-6H2,1-2H3,(H,27,32)(H2,28,29,30)/t16-,17-/m1/s1. The molecule has 0 radical (unpaired) electrons. The van der Waals surface area contributed by atoms with Gasteiger partial charge in [-0.15, -0.1) is 0 Å². The average Bonchev–Trinajstić information content (AvgIpc) is 3.17. The Hall–Kier alpha value is -2.78. The molecule has 1 aliphatic carbocycles. The lowest BCUT2D eigenvalue weighted by Crippen LogP contribution is -2.45. The van der Waals surface area contributed by atoms with E-state index < -0.39 is 23.4 Å². The van der Waals surface area contributed by atoms with Gasteiger partial charge in [0.2, 0.25) is 5.95 Å². The summed E-state index contributed by atoms with van der Waals surface area (Å²) in [5.41, 5.74) is -0.123. The van der Waals surface area contributed by atoms with Crippen molar-refractivity contribution in [1.82, 2.24) is 14.9 Å². The number of carbonyl (C=O) groups excluding carboxylic acids is 1. The van der Waals surface area contributed by atoms with Crippen LogP contribution in [0.5, 0.6) is 0 Å². The van der Waals surface area contributed by atoms with Gasteiger partial charge in [0, 0.05) is 17.8 Å². The van der Waals surface area contributed by atoms with E-state index in [4.69, 9.17) is 11.6 Å². The van der Waals surface area contributed by atoms with Gasteiger partial charge < -0.3 is 20.5 Å². The first kappa shape index (κ1) is 22.4. The number of aromatic nitrogens is 2. The molecule has 170 valence electrons. The summed E-state index contributed by atoms with van der Waals surface area (Å²) >= 11 is 5.75. The lowest BCUT2D eigenvalue weighted by molar-refractivity contribution is 0.102. The maximum Gasteiger partial charge on any atom is 0.257 e. The van der Waals surface area contributed by atoms with E-state index in [0.29, 0.717) is 0 Å². The first-order valence-corrected chi connectivity index (χ1v) is 10.7. The SMILES string of the molecule is CN(C)[C@@H]1CCCC[C@H]1Nc1nc2c(F)c(F)cc(C(=O)Nc3ccc(F)c(Cl)c3)c2[nH]1. The first-order valence-electron chi connectivity index (χ1n) is 10.3. The van der Waals surface area contributed by atoms with Gasteiger partial charge in [-0.05, 0) is 51.2 Å². The van der Waals surface area contributed by atoms with Gasteiger partial charge in [-0.1, -0.05) is 24.4 Å². The average molecular weight is 466 g/mol. The molecule has 10 heteroatoms. The van der Waals surface area contributed by atoms with Crippen LogP contribution in [0.15, 0.2) is 24.3 Å². The van der Waals surface area contributed by atoms with Crippen molar-refractivity contribution in [2.75, 3.05) is 24.7 Å². The molecule has 1 amide bonds. The molecule has 0 bridgehead atoms. The Morgan fingerprint density at radius 1 is 1.16 bits per heavy atom. The summed E-state index contributed by atoms with van der Waals surface area (Å²) < 4.78 is 42.1. The highest BCUT2D eigenvalue weighted by Gasteiger charge is 2.28. The lowest BCUT2D eigenvalue weighted by atomic mass is 9.90. The number of likely N-dealkylation sites (N-methyl/N-ethyl adjacent to an activating group) is 1. The number of aromatic amines is 1. The molecule has 0 unspecified atom stereocenters. The number of carbonyl (C=O) groups is 1. The van der Waals surface area contributed by atoms with Crippen LogP contribution in [-0.4, -0.2) is 47.0 Å². The van der Waals surface area contributed by atoms with Crippen LogP contribution in [0.3, 0.4) is 0 Å². The van der Waals surface area contributed by atoms with E-state index in [2.05, 4.69) is 25.5 Å². The number of amides is 1. The monoisotopic (exact) mass is 465 g/mol. The Morgan fingerprint density at radius 3 is 2.62 bits per heavy atom. The Balaban J connectivity index is 1.66. The quantitative estimate of drug-likeness (QED) is 0.486. The van der Waals surface area contributed by atoms with Gasteiger partial charge in [0.05, 0.1) is 16.1 Å². The minimum absolute atomic E-state index is 0.0642. The highest BCUT2D eigenvalue weighted by atomic mass is 35.5. The molecule has 0 spiro atoms. The number of nitrogens with one attached hydrogen (secondary N) is 3. The van der Waals surface area contributed by atoms with Crippen molar-refractivity contribution in [3.63, 3.8) is 0 Å². The minimum atomic E-state index is -1.19. The van der Waals surface area contributed by atoms with Gasteiger partial charge in [0.25, 0.3) is 5.91 Å². The van der Waals surface area contributed by atoms with Crippen LogP contribution in [0.2, 0.25) is 5.02 Å². The van der Waals surface area contributed by atoms with Gasteiger partial charge >= 0.3 is 0 Å². The van der Waals surface area contributed by atoms with E-state index in [9.17, 15) is 18.0 Å². The fourth-order valence-corrected chi connectivity index (χ4v) is 4.38. The number of H-pyrrole nitrogens is 1. The molecule has 6 nitrogen and oxygen atoms in total. The fraction of sp³-hybridized carbons (Fsp3) is 0.364. The molecule has 3 N–H and O–H groups in total. The van der Waals surface area contributed by atoms with E-state index in [0.717, 1.165) is 37.8 Å². The normalized spacial score (nSPS) is 18.8. The summed E-state index contributed by atoms with van der Waals surface area (Å²) in [6, 6.07) is 4.80. The minimum Gasteiger partial charge on any atom is -0.351 e. The number of imidazole rings is 1. The molecule has 4 rings (SSSR count). The molecule has 0 saturated heterocycles. The Bertz CT molecular complexity index is 1170. The second-order valence-corrected chi connectivity index (χ2v) is 8.59. The van der Waals surface area contributed by atoms with Gasteiger partial charge in [-0.3, -0.25) is 4.79 Å². The largest absolute Gasteiger partial charge is 0.351 e. The van der Waals surface area contributed by atoms with Crippen molar-refractivity contribution in [2.24, 2.45) is 0 Å². The summed E-state index contributed by atoms with van der Waals surface area (Å²) in [7, 11) is 4.00. The van der Waals surface area contributed by atoms with Crippen molar-refractivity contribution in [3.05, 3.63) is 52.3 Å². The molecule has 1 saturated carbocycles. The Morgan fingerprint density at radius 2 is 1.91 bits per heavy atom. The van der Waals surface area contributed by atoms with E-state index in [1.54, 1.807) is 0 Å². The highest BCUT2D eigenvalue weighted by Crippen LogP contribution is 2.29. The zero-order valence-corrected chi connectivity index (χ0v) is 18.4. The number of hydrogen-bond donors (Lipinski definition) is 3. The number of fused-ring (bicyclic) bond motifs is 1. The molecule has 1 aliphatic rings. The van der Waals surface area contributed by atoms with Gasteiger partial charge in [0.15, 0.2) is 11.6 Å². The second kappa shape index (κ2) is 8.99. The summed E-state index contributed by atoms with van der Waals surface area (Å²) in [5, 5.41) is 5.64. The number of nitrogens with zero attached hydrogens (tertiary/aromatic N) is 2. The van der Waals surface area contributed by atoms with Crippen molar-refractivity contribution in [1.29, 1.82) is 0 Å². The zero-order chi connectivity index (χ0) is 23.0. The predicted octanol–water partition coefficient (Wildman–Crippen LogP) is 5.17. The third-order valence-corrected chi connectivity index (χ3v) is 6.09. The molecule has 3 aromatic rings. The molecular formula is C22H23ClF3N5O. The molecule has 2 atom stereocenters. The van der Waals surface area contributed by atoms with Crippen molar-refractivity contribution in [3.8, 4) is 0 Å². The van der Waals surface area contributed by atoms with Crippen LogP contribution in [0.25, 0.3) is 11.0 Å². The summed E-state index contributed by atoms with van der Waals surface area (Å²) in [6.45, 7) is 0. The summed E-state index contributed by atoms with van der Waals surface area (Å²) in [4.78, 5) is 22.1. The molecule has 1 aromatic heterocycles. The fourth-order valence-electron chi connectivity index (χ4n) is 4.20. The number of benzene rings is 2. The Kier molecular flexibility index (Phi) is 6.30. The third-order valence-electron chi connectivity index (χ3n) is 5.80. The molecule has 2 aromatic carbocycles. The van der Waals surface area contributed by atoms with E-state index in [-0.39, 0.29) is 45.3 Å². The van der Waals surface area contributed by atoms with E-state index in [1.165, 1.54) is 12.1 Å². The first-order chi connectivity index (χ1) is 15.2. The van der Waals surface area contributed by atoms with Crippen LogP contribution in [0.1, 0.15) is 36.0 Å². The van der Waals surface area contributed by atoms with Gasteiger partial charge in [-0.25, -0.2) is 18.2 Å². The number of rotatable bonds is 5. The van der Waals surface area contributed by atoms with E-state index >= 15 is 0 Å². The lowest BCUT2D eigenvalue weighted by Gasteiger charge is -2.36. The molecule has 1 fully saturated rings. The van der Waals surface area contributed by atoms with Gasteiger partial charge in [-0.2, -0.15) is 0 Å². The van der Waals surface area contributed by atoms with Gasteiger partial charge in [0.1, 0.15) is 11.3 Å². The number of halogens is 4. The van der Waals surface area contributed by atoms with Crippen LogP contribution in [0, 0.1) is 17.5 Å². The Labute approximate surface area is 188 Å². The topological polar surface area (TPSA) is 73.1 Å². The van der Waals surface area contributed by atoms with Crippen LogP contribution in [0.4, 0.5) is 24.8 Å². The highest BCUT2D eigenvalue weighted by molar-refractivity contribution is 6.31. The molecule has 0 aliphatic heterocycles. The zero-order valence-electron chi connectivity index (χ0n) is 17.6. The van der Waals surface area contributed by atoms with E-state index in [1.807, 2.05) is 14.1 Å². The number of hydrogen-bond acceptors (Lipinski definition) is 4. The molecule has 1 heterocycles. The van der Waals surface area contributed by atoms with Crippen molar-refractivity contribution >= 4 is 40.2 Å². The van der Waals surface area contributed by atoms with Crippen LogP contribution >= 0.6 is 11.6 Å². The molecule has 32 heavy (non-hydrogen) atoms. The van der Waals surface area contributed by atoms with Crippen molar-refractivity contribution < 1.29 is 18.0 Å². The molecular weight excluding hydrogens is 443 g/mol. The summed E-state index contributed by atoms with van der Waals surface area (Å²) in [6.07, 6.45) is 4.11. The van der Waals surface area contributed by atoms with Crippen LogP contribution in [-0.2, 0) is 0 Å².